The summed E-state index contributed by atoms with van der Waals surface area (Å²) >= 11 is 1.33. The summed E-state index contributed by atoms with van der Waals surface area (Å²) < 4.78 is 5.75. The van der Waals surface area contributed by atoms with Gasteiger partial charge in [0.15, 0.2) is 0 Å². The second kappa shape index (κ2) is 5.19. The Kier molecular flexibility index (Phi) is 3.42. The van der Waals surface area contributed by atoms with Crippen LogP contribution in [-0.4, -0.2) is 46.4 Å². The highest BCUT2D eigenvalue weighted by atomic mass is 32.1. The number of ether oxygens (including phenoxy) is 1. The van der Waals surface area contributed by atoms with Crippen molar-refractivity contribution in [3.63, 3.8) is 0 Å². The number of carbonyl (C=O) groups excluding carboxylic acids is 1. The van der Waals surface area contributed by atoms with E-state index >= 15 is 0 Å². The van der Waals surface area contributed by atoms with E-state index in [1.807, 2.05) is 4.90 Å². The van der Waals surface area contributed by atoms with Gasteiger partial charge in [0.05, 0.1) is 18.8 Å². The Morgan fingerprint density at radius 3 is 3.22 bits per heavy atom. The third kappa shape index (κ3) is 2.32. The van der Waals surface area contributed by atoms with Gasteiger partial charge in [-0.3, -0.25) is 5.32 Å². The molecule has 2 unspecified atom stereocenters. The highest BCUT2D eigenvalue weighted by Crippen LogP contribution is 2.28. The van der Waals surface area contributed by atoms with Crippen LogP contribution in [0.25, 0.3) is 0 Å². The van der Waals surface area contributed by atoms with Crippen molar-refractivity contribution < 1.29 is 9.53 Å². The molecule has 0 spiro atoms. The molecular weight excluding hydrogens is 252 g/mol. The van der Waals surface area contributed by atoms with Crippen molar-refractivity contribution in [2.45, 2.75) is 37.8 Å². The molecule has 2 amide bonds. The first kappa shape index (κ1) is 11.9. The predicted molar refractivity (Wildman–Crippen MR) is 67.6 cm³/mol. The number of nitrogens with zero attached hydrogens (tertiary/aromatic N) is 3. The highest BCUT2D eigenvalue weighted by Gasteiger charge is 2.36. The molecule has 1 aromatic heterocycles. The Bertz CT molecular complexity index is 409. The van der Waals surface area contributed by atoms with Gasteiger partial charge in [-0.1, -0.05) is 24.2 Å². The van der Waals surface area contributed by atoms with Crippen LogP contribution in [-0.2, 0) is 4.74 Å². The lowest BCUT2D eigenvalue weighted by atomic mass is 9.90. The zero-order chi connectivity index (χ0) is 12.4. The van der Waals surface area contributed by atoms with Crippen LogP contribution in [0.3, 0.4) is 0 Å². The first-order valence-electron chi connectivity index (χ1n) is 6.30. The third-order valence-electron chi connectivity index (χ3n) is 3.57. The van der Waals surface area contributed by atoms with Crippen LogP contribution >= 0.6 is 11.3 Å². The molecule has 1 N–H and O–H groups in total. The van der Waals surface area contributed by atoms with E-state index < -0.39 is 0 Å². The molecule has 6 nitrogen and oxygen atoms in total. The van der Waals surface area contributed by atoms with Crippen molar-refractivity contribution in [3.05, 3.63) is 5.51 Å². The Morgan fingerprint density at radius 2 is 2.39 bits per heavy atom. The number of aromatic nitrogens is 2. The maximum Gasteiger partial charge on any atom is 0.324 e. The number of anilines is 1. The average molecular weight is 268 g/mol. The third-order valence-corrected chi connectivity index (χ3v) is 4.17. The number of rotatable bonds is 1. The summed E-state index contributed by atoms with van der Waals surface area (Å²) in [5, 5.41) is 10.9. The fourth-order valence-electron chi connectivity index (χ4n) is 2.74. The fraction of sp³-hybridized carbons (Fsp3) is 0.727. The number of amides is 2. The molecule has 1 aromatic rings. The molecule has 0 aromatic carbocycles. The quantitative estimate of drug-likeness (QED) is 0.842. The molecule has 98 valence electrons. The van der Waals surface area contributed by atoms with Crippen LogP contribution in [0.1, 0.15) is 25.7 Å². The van der Waals surface area contributed by atoms with E-state index in [0.29, 0.717) is 18.3 Å². The largest absolute Gasteiger partial charge is 0.374 e. The number of hydrogen-bond donors (Lipinski definition) is 1. The summed E-state index contributed by atoms with van der Waals surface area (Å²) in [6.07, 6.45) is 4.69. The van der Waals surface area contributed by atoms with E-state index in [1.54, 1.807) is 5.51 Å². The first-order valence-corrected chi connectivity index (χ1v) is 7.18. The second-order valence-corrected chi connectivity index (χ2v) is 5.46. The van der Waals surface area contributed by atoms with Gasteiger partial charge in [0.25, 0.3) is 0 Å². The number of fused-ring (bicyclic) bond motifs is 1. The van der Waals surface area contributed by atoms with Crippen LogP contribution in [0.2, 0.25) is 0 Å². The molecule has 2 fully saturated rings. The molecule has 3 rings (SSSR count). The van der Waals surface area contributed by atoms with E-state index in [9.17, 15) is 4.79 Å². The molecule has 0 radical (unpaired) electrons. The molecular formula is C11H16N4O2S. The molecule has 7 heteroatoms. The van der Waals surface area contributed by atoms with Crippen molar-refractivity contribution in [1.29, 1.82) is 0 Å². The molecule has 1 saturated carbocycles. The summed E-state index contributed by atoms with van der Waals surface area (Å²) in [4.78, 5) is 14.1. The SMILES string of the molecule is O=C(Nc1nncs1)N1CCOC2CCCCC21. The molecule has 2 aliphatic rings. The van der Waals surface area contributed by atoms with Gasteiger partial charge in [-0.15, -0.1) is 10.2 Å². The van der Waals surface area contributed by atoms with E-state index in [4.69, 9.17) is 4.74 Å². The van der Waals surface area contributed by atoms with Gasteiger partial charge in [-0.05, 0) is 12.8 Å². The van der Waals surface area contributed by atoms with Crippen LogP contribution in [0, 0.1) is 0 Å². The van der Waals surface area contributed by atoms with Crippen molar-refractivity contribution in [3.8, 4) is 0 Å². The smallest absolute Gasteiger partial charge is 0.324 e. The monoisotopic (exact) mass is 268 g/mol. The highest BCUT2D eigenvalue weighted by molar-refractivity contribution is 7.13. The summed E-state index contributed by atoms with van der Waals surface area (Å²) in [6, 6.07) is 0.146. The van der Waals surface area contributed by atoms with Gasteiger partial charge in [0.1, 0.15) is 5.51 Å². The first-order chi connectivity index (χ1) is 8.84. The average Bonchev–Trinajstić information content (AvgIpc) is 2.91. The zero-order valence-electron chi connectivity index (χ0n) is 10.0. The van der Waals surface area contributed by atoms with E-state index in [-0.39, 0.29) is 18.2 Å². The van der Waals surface area contributed by atoms with Crippen LogP contribution in [0.5, 0.6) is 0 Å². The molecule has 2 heterocycles. The van der Waals surface area contributed by atoms with Crippen molar-refractivity contribution in [2.24, 2.45) is 0 Å². The molecule has 1 saturated heterocycles. The maximum absolute atomic E-state index is 12.2. The van der Waals surface area contributed by atoms with Gasteiger partial charge in [-0.25, -0.2) is 4.79 Å². The van der Waals surface area contributed by atoms with Crippen molar-refractivity contribution in [1.82, 2.24) is 15.1 Å². The summed E-state index contributed by atoms with van der Waals surface area (Å²) in [5.41, 5.74) is 1.61. The number of morpholine rings is 1. The van der Waals surface area contributed by atoms with Crippen molar-refractivity contribution in [2.75, 3.05) is 18.5 Å². The maximum atomic E-state index is 12.2. The van der Waals surface area contributed by atoms with Crippen LogP contribution < -0.4 is 5.32 Å². The molecule has 1 aliphatic carbocycles. The zero-order valence-corrected chi connectivity index (χ0v) is 10.9. The Morgan fingerprint density at radius 1 is 1.50 bits per heavy atom. The standard InChI is InChI=1S/C11H16N4O2S/c16-11(13-10-14-12-7-18-10)15-5-6-17-9-4-2-1-3-8(9)15/h7-9H,1-6H2,(H,13,14,16). The summed E-state index contributed by atoms with van der Waals surface area (Å²) in [6.45, 7) is 1.29. The van der Waals surface area contributed by atoms with Gasteiger partial charge < -0.3 is 9.64 Å². The minimum atomic E-state index is -0.0769. The predicted octanol–water partition coefficient (Wildman–Crippen LogP) is 1.71. The minimum absolute atomic E-state index is 0.0769. The lowest BCUT2D eigenvalue weighted by Gasteiger charge is -2.43. The summed E-state index contributed by atoms with van der Waals surface area (Å²) in [7, 11) is 0. The number of carbonyl (C=O) groups is 1. The van der Waals surface area contributed by atoms with Crippen LogP contribution in [0.4, 0.5) is 9.93 Å². The van der Waals surface area contributed by atoms with Crippen molar-refractivity contribution >= 4 is 22.5 Å². The van der Waals surface area contributed by atoms with Crippen LogP contribution in [0.15, 0.2) is 5.51 Å². The fourth-order valence-corrected chi connectivity index (χ4v) is 3.17. The van der Waals surface area contributed by atoms with E-state index in [1.165, 1.54) is 24.2 Å². The summed E-state index contributed by atoms with van der Waals surface area (Å²) in [5.74, 6) is 0. The van der Waals surface area contributed by atoms with Gasteiger partial charge in [0.2, 0.25) is 5.13 Å². The second-order valence-electron chi connectivity index (χ2n) is 4.63. The number of nitrogens with one attached hydrogen (secondary N) is 1. The molecule has 18 heavy (non-hydrogen) atoms. The minimum Gasteiger partial charge on any atom is -0.374 e. The van der Waals surface area contributed by atoms with E-state index in [0.717, 1.165) is 12.8 Å². The number of urea groups is 1. The lowest BCUT2D eigenvalue weighted by molar-refractivity contribution is -0.0694. The van der Waals surface area contributed by atoms with Gasteiger partial charge in [0, 0.05) is 6.54 Å². The Labute approximate surface area is 109 Å². The molecule has 1 aliphatic heterocycles. The Hall–Kier alpha value is -1.21. The van der Waals surface area contributed by atoms with Gasteiger partial charge in [-0.2, -0.15) is 0 Å². The Balaban J connectivity index is 1.68. The van der Waals surface area contributed by atoms with E-state index in [2.05, 4.69) is 15.5 Å². The normalized spacial score (nSPS) is 27.7. The van der Waals surface area contributed by atoms with Gasteiger partial charge >= 0.3 is 6.03 Å². The topological polar surface area (TPSA) is 67.4 Å². The lowest BCUT2D eigenvalue weighted by Crippen LogP contribution is -2.55. The molecule has 0 bridgehead atoms. The number of hydrogen-bond acceptors (Lipinski definition) is 5. The molecule has 2 atom stereocenters.